The minimum atomic E-state index is -0.105. The van der Waals surface area contributed by atoms with Gasteiger partial charge in [0.25, 0.3) is 0 Å². The second-order valence-corrected chi connectivity index (χ2v) is 8.67. The minimum Gasteiger partial charge on any atom is -0.357 e. The van der Waals surface area contributed by atoms with Crippen LogP contribution in [0.3, 0.4) is 0 Å². The lowest BCUT2D eigenvalue weighted by Crippen LogP contribution is -2.21. The van der Waals surface area contributed by atoms with E-state index in [1.165, 1.54) is 55.2 Å². The van der Waals surface area contributed by atoms with Crippen LogP contribution in [0, 0.1) is 0 Å². The third kappa shape index (κ3) is 5.42. The molecule has 1 aliphatic carbocycles. The molecule has 128 valence electrons. The fourth-order valence-corrected chi connectivity index (χ4v) is 4.37. The molecule has 0 saturated heterocycles. The Labute approximate surface area is 157 Å². The fraction of sp³-hybridized carbons (Fsp3) is 0.467. The zero-order valence-corrected chi connectivity index (χ0v) is 16.2. The summed E-state index contributed by atoms with van der Waals surface area (Å²) in [4.78, 5) is 16.1. The Kier molecular flexibility index (Phi) is 6.44. The lowest BCUT2D eigenvalue weighted by Gasteiger charge is -2.21. The molecular formula is C15H18BrN5OS2. The van der Waals surface area contributed by atoms with Crippen LogP contribution in [-0.2, 0) is 4.79 Å². The van der Waals surface area contributed by atoms with E-state index < -0.39 is 0 Å². The summed E-state index contributed by atoms with van der Waals surface area (Å²) in [7, 11) is 0. The molecule has 0 unspecified atom stereocenters. The Morgan fingerprint density at radius 1 is 1.29 bits per heavy atom. The highest BCUT2D eigenvalue weighted by Crippen LogP contribution is 2.28. The van der Waals surface area contributed by atoms with Crippen molar-refractivity contribution in [2.45, 2.75) is 42.5 Å². The maximum atomic E-state index is 12.0. The Morgan fingerprint density at radius 2 is 2.12 bits per heavy atom. The summed E-state index contributed by atoms with van der Waals surface area (Å²) in [6, 6.07) is 4.10. The first-order valence-electron chi connectivity index (χ1n) is 7.83. The number of nitrogens with zero attached hydrogens (tertiary/aromatic N) is 3. The fourth-order valence-electron chi connectivity index (χ4n) is 2.50. The molecule has 9 heteroatoms. The molecule has 2 aromatic rings. The highest BCUT2D eigenvalue weighted by Gasteiger charge is 2.15. The topological polar surface area (TPSA) is 79.8 Å². The smallest absolute Gasteiger partial charge is 0.235 e. The number of hydrogen-bond donors (Lipinski definition) is 2. The predicted octanol–water partition coefficient (Wildman–Crippen LogP) is 4.17. The van der Waals surface area contributed by atoms with E-state index in [0.717, 1.165) is 13.9 Å². The Balaban J connectivity index is 1.44. The van der Waals surface area contributed by atoms with Gasteiger partial charge in [-0.2, -0.15) is 0 Å². The van der Waals surface area contributed by atoms with Gasteiger partial charge < -0.3 is 10.6 Å². The van der Waals surface area contributed by atoms with Crippen LogP contribution in [0.2, 0.25) is 0 Å². The average molecular weight is 428 g/mol. The number of anilines is 2. The predicted molar refractivity (Wildman–Crippen MR) is 102 cm³/mol. The highest BCUT2D eigenvalue weighted by molar-refractivity contribution is 9.10. The number of thioether (sulfide) groups is 1. The number of nitrogens with one attached hydrogen (secondary N) is 2. The summed E-state index contributed by atoms with van der Waals surface area (Å²) in [5.41, 5.74) is 0. The molecule has 2 heterocycles. The van der Waals surface area contributed by atoms with Crippen molar-refractivity contribution >= 4 is 55.9 Å². The zero-order valence-electron chi connectivity index (χ0n) is 13.0. The number of hydrogen-bond acceptors (Lipinski definition) is 7. The molecule has 0 aliphatic heterocycles. The van der Waals surface area contributed by atoms with E-state index in [1.807, 2.05) is 6.07 Å². The Hall–Kier alpha value is -1.19. The van der Waals surface area contributed by atoms with Crippen LogP contribution < -0.4 is 10.6 Å². The molecule has 1 amide bonds. The van der Waals surface area contributed by atoms with E-state index in [0.29, 0.717) is 11.9 Å². The first-order valence-corrected chi connectivity index (χ1v) is 10.4. The summed E-state index contributed by atoms with van der Waals surface area (Å²) in [6.07, 6.45) is 7.94. The summed E-state index contributed by atoms with van der Waals surface area (Å²) >= 11 is 6.21. The molecular weight excluding hydrogens is 410 g/mol. The van der Waals surface area contributed by atoms with Gasteiger partial charge in [-0.3, -0.25) is 4.79 Å². The molecule has 0 bridgehead atoms. The molecule has 3 rings (SSSR count). The highest BCUT2D eigenvalue weighted by atomic mass is 79.9. The number of halogens is 1. The van der Waals surface area contributed by atoms with Gasteiger partial charge >= 0.3 is 0 Å². The first-order chi connectivity index (χ1) is 11.7. The number of rotatable bonds is 6. The molecule has 1 saturated carbocycles. The third-order valence-electron chi connectivity index (χ3n) is 3.66. The van der Waals surface area contributed by atoms with Gasteiger partial charge in [-0.1, -0.05) is 42.4 Å². The van der Waals surface area contributed by atoms with Gasteiger partial charge in [0.15, 0.2) is 4.34 Å². The van der Waals surface area contributed by atoms with Crippen LogP contribution in [-0.4, -0.2) is 32.9 Å². The van der Waals surface area contributed by atoms with Crippen LogP contribution in [0.4, 0.5) is 10.9 Å². The Bertz CT molecular complexity index is 673. The molecule has 0 radical (unpaired) electrons. The quantitative estimate of drug-likeness (QED) is 0.673. The molecule has 1 fully saturated rings. The van der Waals surface area contributed by atoms with E-state index in [9.17, 15) is 4.79 Å². The maximum absolute atomic E-state index is 12.0. The molecule has 6 nitrogen and oxygen atoms in total. The third-order valence-corrected chi connectivity index (χ3v) is 6.12. The van der Waals surface area contributed by atoms with Crippen LogP contribution >= 0.6 is 39.0 Å². The van der Waals surface area contributed by atoms with E-state index in [2.05, 4.69) is 41.7 Å². The minimum absolute atomic E-state index is 0.105. The number of carbonyl (C=O) groups is 1. The zero-order chi connectivity index (χ0) is 16.8. The van der Waals surface area contributed by atoms with E-state index in [1.54, 1.807) is 12.3 Å². The normalized spacial score (nSPS) is 15.2. The first kappa shape index (κ1) is 17.6. The molecule has 2 aromatic heterocycles. The van der Waals surface area contributed by atoms with Crippen molar-refractivity contribution in [1.29, 1.82) is 0 Å². The molecule has 0 atom stereocenters. The van der Waals surface area contributed by atoms with Gasteiger partial charge in [0, 0.05) is 16.7 Å². The number of pyridine rings is 1. The molecule has 0 aromatic carbocycles. The molecule has 24 heavy (non-hydrogen) atoms. The van der Waals surface area contributed by atoms with Crippen molar-refractivity contribution in [2.24, 2.45) is 0 Å². The van der Waals surface area contributed by atoms with Gasteiger partial charge in [0.2, 0.25) is 11.0 Å². The van der Waals surface area contributed by atoms with Gasteiger partial charge in [-0.15, -0.1) is 10.2 Å². The maximum Gasteiger partial charge on any atom is 0.235 e. The van der Waals surface area contributed by atoms with Crippen molar-refractivity contribution in [3.63, 3.8) is 0 Å². The number of aromatic nitrogens is 3. The van der Waals surface area contributed by atoms with E-state index >= 15 is 0 Å². The SMILES string of the molecule is O=C(CSc1nnc(NC2CCCCC2)s1)Nc1ccc(Br)cn1. The lowest BCUT2D eigenvalue weighted by molar-refractivity contribution is -0.113. The van der Waals surface area contributed by atoms with Crippen molar-refractivity contribution in [1.82, 2.24) is 15.2 Å². The summed E-state index contributed by atoms with van der Waals surface area (Å²) in [5, 5.41) is 15.4. The molecule has 2 N–H and O–H groups in total. The van der Waals surface area contributed by atoms with Crippen LogP contribution in [0.1, 0.15) is 32.1 Å². The second kappa shape index (κ2) is 8.77. The van der Waals surface area contributed by atoms with Crippen LogP contribution in [0.25, 0.3) is 0 Å². The van der Waals surface area contributed by atoms with Gasteiger partial charge in [-0.25, -0.2) is 4.98 Å². The summed E-state index contributed by atoms with van der Waals surface area (Å²) in [6.45, 7) is 0. The van der Waals surface area contributed by atoms with Crippen molar-refractivity contribution in [3.05, 3.63) is 22.8 Å². The van der Waals surface area contributed by atoms with Gasteiger partial charge in [0.05, 0.1) is 5.75 Å². The van der Waals surface area contributed by atoms with Gasteiger partial charge in [0.1, 0.15) is 5.82 Å². The molecule has 0 spiro atoms. The van der Waals surface area contributed by atoms with Crippen LogP contribution in [0.5, 0.6) is 0 Å². The second-order valence-electron chi connectivity index (χ2n) is 5.55. The summed E-state index contributed by atoms with van der Waals surface area (Å²) < 4.78 is 1.67. The average Bonchev–Trinajstić information content (AvgIpc) is 3.03. The molecule has 1 aliphatic rings. The van der Waals surface area contributed by atoms with Crippen molar-refractivity contribution in [3.8, 4) is 0 Å². The van der Waals surface area contributed by atoms with Gasteiger partial charge in [-0.05, 0) is 40.9 Å². The van der Waals surface area contributed by atoms with E-state index in [4.69, 9.17) is 0 Å². The van der Waals surface area contributed by atoms with Crippen molar-refractivity contribution in [2.75, 3.05) is 16.4 Å². The van der Waals surface area contributed by atoms with E-state index in [-0.39, 0.29) is 11.7 Å². The standard InChI is InChI=1S/C15H18BrN5OS2/c16-10-6-7-12(17-8-10)19-13(22)9-23-15-21-20-14(24-15)18-11-4-2-1-3-5-11/h6-8,11H,1-5,9H2,(H,18,20)(H,17,19,22). The Morgan fingerprint density at radius 3 is 2.88 bits per heavy atom. The number of amides is 1. The van der Waals surface area contributed by atoms with Crippen molar-refractivity contribution < 1.29 is 4.79 Å². The lowest BCUT2D eigenvalue weighted by atomic mass is 9.96. The summed E-state index contributed by atoms with van der Waals surface area (Å²) in [5.74, 6) is 0.725. The largest absolute Gasteiger partial charge is 0.357 e. The number of carbonyl (C=O) groups excluding carboxylic acids is 1. The monoisotopic (exact) mass is 427 g/mol. The van der Waals surface area contributed by atoms with Crippen LogP contribution in [0.15, 0.2) is 27.1 Å².